The Kier molecular flexibility index (Phi) is 7.35. The molecule has 31 heavy (non-hydrogen) atoms. The van der Waals surface area contributed by atoms with Gasteiger partial charge in [0.2, 0.25) is 5.91 Å². The van der Waals surface area contributed by atoms with E-state index in [-0.39, 0.29) is 23.2 Å². The quantitative estimate of drug-likeness (QED) is 0.490. The first-order valence-corrected chi connectivity index (χ1v) is 11.8. The number of hydrogen-bond acceptors (Lipinski definition) is 4. The van der Waals surface area contributed by atoms with Crippen LogP contribution in [0.5, 0.6) is 5.75 Å². The van der Waals surface area contributed by atoms with E-state index in [1.54, 1.807) is 42.5 Å². The van der Waals surface area contributed by atoms with Gasteiger partial charge in [0.1, 0.15) is 17.2 Å². The van der Waals surface area contributed by atoms with Gasteiger partial charge in [-0.05, 0) is 42.8 Å². The Labute approximate surface area is 191 Å². The Balaban J connectivity index is 1.94. The van der Waals surface area contributed by atoms with Gasteiger partial charge in [-0.25, -0.2) is 8.42 Å². The van der Waals surface area contributed by atoms with Crippen LogP contribution in [0.2, 0.25) is 0 Å². The van der Waals surface area contributed by atoms with Gasteiger partial charge in [0, 0.05) is 4.47 Å². The molecule has 0 aromatic heterocycles. The number of carbonyl (C=O) groups is 1. The number of para-hydroxylation sites is 1. The smallest absolute Gasteiger partial charge is 0.268 e. The van der Waals surface area contributed by atoms with Crippen molar-refractivity contribution in [1.82, 2.24) is 5.32 Å². The first-order valence-electron chi connectivity index (χ1n) is 9.58. The van der Waals surface area contributed by atoms with Crippen molar-refractivity contribution in [3.8, 4) is 5.75 Å². The maximum absolute atomic E-state index is 13.6. The van der Waals surface area contributed by atoms with Gasteiger partial charge < -0.3 is 10.1 Å². The second kappa shape index (κ2) is 9.98. The second-order valence-electron chi connectivity index (χ2n) is 6.84. The number of ether oxygens (including phenoxy) is 1. The minimum atomic E-state index is -4.10. The van der Waals surface area contributed by atoms with E-state index in [2.05, 4.69) is 21.2 Å². The standard InChI is InChI=1S/C23H23BrN2O4S/c1-17(18-9-5-3-6-10-18)25-23(27)16-26(20-11-7-4-8-12-20)31(28,29)22-15-19(24)13-14-21(22)30-2/h3-15,17H,16H2,1-2H3,(H,25,27)/t17-/m1/s1. The molecule has 1 amide bonds. The molecule has 0 saturated carbocycles. The number of nitrogens with one attached hydrogen (secondary N) is 1. The zero-order chi connectivity index (χ0) is 22.4. The zero-order valence-corrected chi connectivity index (χ0v) is 19.6. The SMILES string of the molecule is COc1ccc(Br)cc1S(=O)(=O)N(CC(=O)N[C@H](C)c1ccccc1)c1ccccc1. The third kappa shape index (κ3) is 5.45. The fourth-order valence-corrected chi connectivity index (χ4v) is 5.24. The Hall–Kier alpha value is -2.84. The van der Waals surface area contributed by atoms with Crippen molar-refractivity contribution in [3.05, 3.63) is 88.9 Å². The normalized spacial score (nSPS) is 12.1. The van der Waals surface area contributed by atoms with Crippen LogP contribution in [0, 0.1) is 0 Å². The lowest BCUT2D eigenvalue weighted by Crippen LogP contribution is -2.41. The van der Waals surface area contributed by atoms with Crippen molar-refractivity contribution >= 4 is 37.5 Å². The third-order valence-corrected chi connectivity index (χ3v) is 6.99. The summed E-state index contributed by atoms with van der Waals surface area (Å²) in [6.45, 7) is 1.48. The van der Waals surface area contributed by atoms with Crippen molar-refractivity contribution in [2.24, 2.45) is 0 Å². The zero-order valence-electron chi connectivity index (χ0n) is 17.2. The number of nitrogens with zero attached hydrogens (tertiary/aromatic N) is 1. The molecule has 1 atom stereocenters. The molecule has 8 heteroatoms. The van der Waals surface area contributed by atoms with Gasteiger partial charge in [0.15, 0.2) is 0 Å². The third-order valence-electron chi connectivity index (χ3n) is 4.70. The van der Waals surface area contributed by atoms with Gasteiger partial charge in [-0.15, -0.1) is 0 Å². The minimum absolute atomic E-state index is 0.0304. The highest BCUT2D eigenvalue weighted by molar-refractivity contribution is 9.10. The number of methoxy groups -OCH3 is 1. The van der Waals surface area contributed by atoms with Crippen LogP contribution in [0.15, 0.2) is 88.2 Å². The molecule has 0 radical (unpaired) electrons. The molecule has 0 aliphatic heterocycles. The van der Waals surface area contributed by atoms with E-state index in [4.69, 9.17) is 4.74 Å². The summed E-state index contributed by atoms with van der Waals surface area (Å²) >= 11 is 3.32. The lowest BCUT2D eigenvalue weighted by atomic mass is 10.1. The molecule has 0 aliphatic rings. The topological polar surface area (TPSA) is 75.7 Å². The molecule has 0 saturated heterocycles. The molecule has 6 nitrogen and oxygen atoms in total. The Morgan fingerprint density at radius 1 is 1.03 bits per heavy atom. The van der Waals surface area contributed by atoms with Crippen LogP contribution < -0.4 is 14.4 Å². The Morgan fingerprint density at radius 2 is 1.65 bits per heavy atom. The molecular weight excluding hydrogens is 480 g/mol. The van der Waals surface area contributed by atoms with Gasteiger partial charge in [-0.1, -0.05) is 64.5 Å². The number of amides is 1. The summed E-state index contributed by atoms with van der Waals surface area (Å²) in [4.78, 5) is 12.8. The summed E-state index contributed by atoms with van der Waals surface area (Å²) in [5.41, 5.74) is 1.31. The number of sulfonamides is 1. The molecule has 1 N–H and O–H groups in total. The number of benzene rings is 3. The van der Waals surface area contributed by atoms with Crippen molar-refractivity contribution in [1.29, 1.82) is 0 Å². The second-order valence-corrected chi connectivity index (χ2v) is 9.59. The summed E-state index contributed by atoms with van der Waals surface area (Å²) in [7, 11) is -2.69. The van der Waals surface area contributed by atoms with Crippen molar-refractivity contribution < 1.29 is 17.9 Å². The van der Waals surface area contributed by atoms with Gasteiger partial charge in [-0.3, -0.25) is 9.10 Å². The number of halogens is 1. The monoisotopic (exact) mass is 502 g/mol. The summed E-state index contributed by atoms with van der Waals surface area (Å²) in [5.74, 6) is -0.222. The van der Waals surface area contributed by atoms with Gasteiger partial charge in [0.25, 0.3) is 10.0 Å². The molecular formula is C23H23BrN2O4S. The fraction of sp³-hybridized carbons (Fsp3) is 0.174. The minimum Gasteiger partial charge on any atom is -0.495 e. The van der Waals surface area contributed by atoms with E-state index >= 15 is 0 Å². The molecule has 3 aromatic rings. The molecule has 0 aliphatic carbocycles. The van der Waals surface area contributed by atoms with Crippen molar-refractivity contribution in [2.45, 2.75) is 17.9 Å². The van der Waals surface area contributed by atoms with Crippen LogP contribution in [0.3, 0.4) is 0 Å². The molecule has 0 spiro atoms. The Bertz CT molecular complexity index is 1140. The van der Waals surface area contributed by atoms with Crippen molar-refractivity contribution in [3.63, 3.8) is 0 Å². The van der Waals surface area contributed by atoms with E-state index in [9.17, 15) is 13.2 Å². The van der Waals surface area contributed by atoms with Crippen molar-refractivity contribution in [2.75, 3.05) is 18.0 Å². The van der Waals surface area contributed by atoms with E-state index in [0.717, 1.165) is 9.87 Å². The molecule has 0 unspecified atom stereocenters. The van der Waals surface area contributed by atoms with E-state index < -0.39 is 15.9 Å². The summed E-state index contributed by atoms with van der Waals surface area (Å²) < 4.78 is 34.1. The predicted octanol–water partition coefficient (Wildman–Crippen LogP) is 4.53. The molecule has 0 fully saturated rings. The van der Waals surface area contributed by atoms with Crippen LogP contribution in [0.25, 0.3) is 0 Å². The number of anilines is 1. The molecule has 0 bridgehead atoms. The van der Waals surface area contributed by atoms with Crippen LogP contribution >= 0.6 is 15.9 Å². The number of rotatable bonds is 8. The van der Waals surface area contributed by atoms with E-state index in [1.165, 1.54) is 13.2 Å². The number of hydrogen-bond donors (Lipinski definition) is 1. The summed E-state index contributed by atoms with van der Waals surface area (Å²) in [6.07, 6.45) is 0. The highest BCUT2D eigenvalue weighted by Gasteiger charge is 2.30. The van der Waals surface area contributed by atoms with Crippen LogP contribution in [0.4, 0.5) is 5.69 Å². The van der Waals surface area contributed by atoms with Crippen LogP contribution in [-0.4, -0.2) is 28.0 Å². The molecule has 3 aromatic carbocycles. The highest BCUT2D eigenvalue weighted by atomic mass is 79.9. The first-order chi connectivity index (χ1) is 14.8. The van der Waals surface area contributed by atoms with Gasteiger partial charge in [-0.2, -0.15) is 0 Å². The van der Waals surface area contributed by atoms with Crippen LogP contribution in [0.1, 0.15) is 18.5 Å². The van der Waals surface area contributed by atoms with Gasteiger partial charge in [0.05, 0.1) is 18.8 Å². The summed E-state index contributed by atoms with van der Waals surface area (Å²) in [5, 5.41) is 2.87. The highest BCUT2D eigenvalue weighted by Crippen LogP contribution is 2.32. The maximum Gasteiger partial charge on any atom is 0.268 e. The molecule has 162 valence electrons. The molecule has 3 rings (SSSR count). The fourth-order valence-electron chi connectivity index (χ4n) is 3.12. The number of carbonyl (C=O) groups excluding carboxylic acids is 1. The average molecular weight is 503 g/mol. The lowest BCUT2D eigenvalue weighted by Gasteiger charge is -2.26. The van der Waals surface area contributed by atoms with Gasteiger partial charge >= 0.3 is 0 Å². The lowest BCUT2D eigenvalue weighted by molar-refractivity contribution is -0.120. The van der Waals surface area contributed by atoms with E-state index in [0.29, 0.717) is 10.2 Å². The average Bonchev–Trinajstić information content (AvgIpc) is 2.78. The maximum atomic E-state index is 13.6. The predicted molar refractivity (Wildman–Crippen MR) is 125 cm³/mol. The first kappa shape index (κ1) is 22.8. The Morgan fingerprint density at radius 3 is 2.26 bits per heavy atom. The largest absolute Gasteiger partial charge is 0.495 e. The van der Waals surface area contributed by atoms with Crippen LogP contribution in [-0.2, 0) is 14.8 Å². The van der Waals surface area contributed by atoms with E-state index in [1.807, 2.05) is 37.3 Å². The molecule has 0 heterocycles. The summed E-state index contributed by atoms with van der Waals surface area (Å²) in [6, 6.07) is 22.5.